The maximum absolute atomic E-state index is 12.3. The van der Waals surface area contributed by atoms with E-state index in [1.807, 2.05) is 0 Å². The van der Waals surface area contributed by atoms with Gasteiger partial charge in [0.15, 0.2) is 0 Å². The minimum Gasteiger partial charge on any atom is -0.384 e. The zero-order chi connectivity index (χ0) is 14.2. The van der Waals surface area contributed by atoms with Crippen molar-refractivity contribution in [1.82, 2.24) is 14.9 Å². The van der Waals surface area contributed by atoms with E-state index in [1.165, 1.54) is 12.3 Å². The number of nitrogens with two attached hydrogens (primary N) is 1. The molecule has 4 N–H and O–H groups in total. The van der Waals surface area contributed by atoms with E-state index in [4.69, 9.17) is 5.73 Å². The Hall–Kier alpha value is -2.04. The molecular formula is C10H10N6O2S2. The number of benzene rings is 1. The van der Waals surface area contributed by atoms with Crippen LogP contribution in [0.5, 0.6) is 0 Å². The van der Waals surface area contributed by atoms with E-state index in [1.54, 1.807) is 12.1 Å². The third-order valence-corrected chi connectivity index (χ3v) is 4.72. The van der Waals surface area contributed by atoms with Crippen molar-refractivity contribution < 1.29 is 8.42 Å². The van der Waals surface area contributed by atoms with Gasteiger partial charge in [0.25, 0.3) is 0 Å². The molecule has 104 valence electrons. The number of aromatic nitrogens is 2. The molecular weight excluding hydrogens is 300 g/mol. The summed E-state index contributed by atoms with van der Waals surface area (Å²) in [5.74, 6) is 0.334. The number of H-pyrrole nitrogens is 1. The Bertz CT molecular complexity index is 835. The van der Waals surface area contributed by atoms with E-state index in [-0.39, 0.29) is 11.4 Å². The average molecular weight is 310 g/mol. The zero-order valence-corrected chi connectivity index (χ0v) is 11.7. The van der Waals surface area contributed by atoms with E-state index >= 15 is 0 Å². The van der Waals surface area contributed by atoms with Gasteiger partial charge in [-0.25, -0.2) is 13.1 Å². The zero-order valence-electron chi connectivity index (χ0n) is 10.1. The second-order valence-corrected chi connectivity index (χ2v) is 6.29. The predicted molar refractivity (Wildman–Crippen MR) is 75.0 cm³/mol. The quantitative estimate of drug-likeness (QED) is 0.669. The van der Waals surface area contributed by atoms with Crippen LogP contribution in [0.1, 0.15) is 5.56 Å². The Kier molecular flexibility index (Phi) is 3.12. The summed E-state index contributed by atoms with van der Waals surface area (Å²) in [5, 5.41) is 6.27. The summed E-state index contributed by atoms with van der Waals surface area (Å²) in [4.78, 5) is 0.103. The Labute approximate surface area is 118 Å². The van der Waals surface area contributed by atoms with Crippen molar-refractivity contribution in [2.24, 2.45) is 8.73 Å². The van der Waals surface area contributed by atoms with Crippen molar-refractivity contribution in [3.63, 3.8) is 0 Å². The third kappa shape index (κ3) is 2.24. The second-order valence-electron chi connectivity index (χ2n) is 4.02. The van der Waals surface area contributed by atoms with Gasteiger partial charge in [0, 0.05) is 12.1 Å². The van der Waals surface area contributed by atoms with Gasteiger partial charge >= 0.3 is 0 Å². The molecule has 0 unspecified atom stereocenters. The highest BCUT2D eigenvalue weighted by atomic mass is 32.2. The monoisotopic (exact) mass is 310 g/mol. The van der Waals surface area contributed by atoms with Gasteiger partial charge in [-0.1, -0.05) is 6.07 Å². The fourth-order valence-electron chi connectivity index (χ4n) is 1.71. The van der Waals surface area contributed by atoms with Crippen molar-refractivity contribution in [3.8, 4) is 0 Å². The molecule has 1 aromatic heterocycles. The van der Waals surface area contributed by atoms with Crippen LogP contribution in [-0.2, 0) is 27.9 Å². The van der Waals surface area contributed by atoms with E-state index in [9.17, 15) is 8.42 Å². The summed E-state index contributed by atoms with van der Waals surface area (Å²) in [7, 11) is -3.69. The summed E-state index contributed by atoms with van der Waals surface area (Å²) in [6.07, 6.45) is 1.48. The van der Waals surface area contributed by atoms with Crippen LogP contribution in [0, 0.1) is 0 Å². The van der Waals surface area contributed by atoms with Crippen LogP contribution in [0.4, 0.5) is 17.2 Å². The molecule has 2 aromatic rings. The van der Waals surface area contributed by atoms with Crippen molar-refractivity contribution in [2.45, 2.75) is 11.4 Å². The smallest absolute Gasteiger partial charge is 0.243 e. The number of nitrogen functional groups attached to an aromatic ring is 1. The molecule has 1 aliphatic heterocycles. The number of nitrogens with one attached hydrogen (secondary N) is 2. The van der Waals surface area contributed by atoms with Gasteiger partial charge in [0.1, 0.15) is 22.1 Å². The van der Waals surface area contributed by atoms with Crippen LogP contribution in [0.3, 0.4) is 0 Å². The maximum atomic E-state index is 12.3. The number of sulfonamides is 1. The van der Waals surface area contributed by atoms with Gasteiger partial charge in [-0.05, 0) is 12.1 Å². The van der Waals surface area contributed by atoms with E-state index < -0.39 is 10.0 Å². The molecule has 0 bridgehead atoms. The number of aromatic amines is 1. The highest BCUT2D eigenvalue weighted by Gasteiger charge is 2.22. The maximum Gasteiger partial charge on any atom is 0.243 e. The summed E-state index contributed by atoms with van der Waals surface area (Å²) < 4.78 is 35.1. The third-order valence-electron chi connectivity index (χ3n) is 2.74. The Balaban J connectivity index is 1.88. The fourth-order valence-corrected chi connectivity index (χ4v) is 3.48. The molecule has 1 aliphatic rings. The topological polar surface area (TPSA) is 126 Å². The molecule has 0 amide bonds. The number of hydrogen-bond donors (Lipinski definition) is 3. The summed E-state index contributed by atoms with van der Waals surface area (Å²) >= 11 is 0.974. The Morgan fingerprint density at radius 3 is 2.95 bits per heavy atom. The van der Waals surface area contributed by atoms with Crippen molar-refractivity contribution in [3.05, 3.63) is 30.0 Å². The van der Waals surface area contributed by atoms with Gasteiger partial charge in [-0.2, -0.15) is 13.8 Å². The molecule has 0 aliphatic carbocycles. The molecule has 0 saturated heterocycles. The molecule has 0 atom stereocenters. The normalized spacial score (nSPS) is 13.2. The second kappa shape index (κ2) is 4.81. The van der Waals surface area contributed by atoms with E-state index in [0.29, 0.717) is 22.8 Å². The molecule has 3 rings (SSSR count). The lowest BCUT2D eigenvalue weighted by Crippen LogP contribution is -2.23. The molecule has 1 aromatic carbocycles. The van der Waals surface area contributed by atoms with Crippen LogP contribution < -0.4 is 10.5 Å². The first kappa shape index (κ1) is 13.0. The minimum absolute atomic E-state index is 0.0542. The predicted octanol–water partition coefficient (Wildman–Crippen LogP) is 1.20. The molecule has 0 radical (unpaired) electrons. The van der Waals surface area contributed by atoms with Crippen molar-refractivity contribution in [2.75, 3.05) is 5.73 Å². The largest absolute Gasteiger partial charge is 0.384 e. The first-order valence-corrected chi connectivity index (χ1v) is 7.78. The SMILES string of the molecule is Nc1[nH]ncc1CNS(=O)(=O)c1cccc2c1N=S=N2. The lowest BCUT2D eigenvalue weighted by Gasteiger charge is -2.08. The number of nitrogens with zero attached hydrogens (tertiary/aromatic N) is 3. The van der Waals surface area contributed by atoms with Gasteiger partial charge in [-0.3, -0.25) is 5.10 Å². The Morgan fingerprint density at radius 2 is 2.20 bits per heavy atom. The molecule has 0 fully saturated rings. The van der Waals surface area contributed by atoms with E-state index in [2.05, 4.69) is 23.6 Å². The van der Waals surface area contributed by atoms with Crippen LogP contribution in [0.2, 0.25) is 0 Å². The standard InChI is InChI=1S/C10H10N6O2S2/c11-10-6(4-12-14-10)5-13-20(17,18)8-3-1-2-7-9(8)16-19-15-7/h1-4,13H,5H2,(H3,11,12,14). The van der Waals surface area contributed by atoms with Crippen molar-refractivity contribution in [1.29, 1.82) is 0 Å². The minimum atomic E-state index is -3.69. The number of anilines is 1. The van der Waals surface area contributed by atoms with Crippen LogP contribution in [-0.4, -0.2) is 18.6 Å². The fraction of sp³-hybridized carbons (Fsp3) is 0.100. The first-order chi connectivity index (χ1) is 9.58. The molecule has 8 nitrogen and oxygen atoms in total. The lowest BCUT2D eigenvalue weighted by molar-refractivity contribution is 0.582. The van der Waals surface area contributed by atoms with Crippen molar-refractivity contribution >= 4 is 38.6 Å². The number of fused-ring (bicyclic) bond motifs is 1. The van der Waals surface area contributed by atoms with Gasteiger partial charge in [-0.15, -0.1) is 0 Å². The van der Waals surface area contributed by atoms with Gasteiger partial charge in [0.05, 0.1) is 17.6 Å². The van der Waals surface area contributed by atoms with Gasteiger partial charge < -0.3 is 5.73 Å². The highest BCUT2D eigenvalue weighted by Crippen LogP contribution is 2.37. The average Bonchev–Trinajstić information content (AvgIpc) is 3.04. The van der Waals surface area contributed by atoms with Crippen LogP contribution >= 0.6 is 0 Å². The highest BCUT2D eigenvalue weighted by molar-refractivity contribution is 7.89. The molecule has 0 saturated carbocycles. The first-order valence-electron chi connectivity index (χ1n) is 5.56. The number of hydrogen-bond acceptors (Lipinski definition) is 6. The van der Waals surface area contributed by atoms with Crippen LogP contribution in [0.25, 0.3) is 0 Å². The summed E-state index contributed by atoms with van der Waals surface area (Å²) in [5.41, 5.74) is 7.11. The van der Waals surface area contributed by atoms with Crippen LogP contribution in [0.15, 0.2) is 38.0 Å². The van der Waals surface area contributed by atoms with Gasteiger partial charge in [0.2, 0.25) is 10.0 Å². The molecule has 0 spiro atoms. The molecule has 2 heterocycles. The molecule has 20 heavy (non-hydrogen) atoms. The summed E-state index contributed by atoms with van der Waals surface area (Å²) in [6, 6.07) is 4.83. The Morgan fingerprint density at radius 1 is 1.35 bits per heavy atom. The summed E-state index contributed by atoms with van der Waals surface area (Å²) in [6.45, 7) is 0.0542. The molecule has 10 heteroatoms. The number of rotatable bonds is 4. The lowest BCUT2D eigenvalue weighted by atomic mass is 10.3. The van der Waals surface area contributed by atoms with E-state index in [0.717, 1.165) is 11.4 Å².